The summed E-state index contributed by atoms with van der Waals surface area (Å²) < 4.78 is 5.67. The first kappa shape index (κ1) is 20.4. The highest BCUT2D eigenvalue weighted by molar-refractivity contribution is 7.15. The second kappa shape index (κ2) is 10.9. The normalized spacial score (nSPS) is 11.2. The van der Waals surface area contributed by atoms with Crippen LogP contribution < -0.4 is 4.74 Å². The number of benzene rings is 2. The predicted octanol–water partition coefficient (Wildman–Crippen LogP) is 8.16. The van der Waals surface area contributed by atoms with Gasteiger partial charge in [0.15, 0.2) is 0 Å². The fourth-order valence-electron chi connectivity index (χ4n) is 3.20. The molecule has 1 aromatic heterocycles. The molecule has 3 rings (SSSR count). The van der Waals surface area contributed by atoms with Crippen LogP contribution in [0, 0.1) is 0 Å². The van der Waals surface area contributed by atoms with Gasteiger partial charge < -0.3 is 4.74 Å². The molecule has 1 heterocycles. The summed E-state index contributed by atoms with van der Waals surface area (Å²) in [7, 11) is 0. The van der Waals surface area contributed by atoms with E-state index < -0.39 is 0 Å². The highest BCUT2D eigenvalue weighted by atomic mass is 32.1. The zero-order chi connectivity index (χ0) is 19.6. The van der Waals surface area contributed by atoms with Gasteiger partial charge in [0.1, 0.15) is 12.4 Å². The summed E-state index contributed by atoms with van der Waals surface area (Å²) in [5, 5.41) is 0. The number of thiophene rings is 1. The van der Waals surface area contributed by atoms with Crippen molar-refractivity contribution in [1.29, 1.82) is 0 Å². The van der Waals surface area contributed by atoms with Gasteiger partial charge in [-0.05, 0) is 60.7 Å². The third-order valence-electron chi connectivity index (χ3n) is 4.88. The Morgan fingerprint density at radius 1 is 0.786 bits per heavy atom. The van der Waals surface area contributed by atoms with E-state index in [0.29, 0.717) is 6.61 Å². The van der Waals surface area contributed by atoms with E-state index in [1.165, 1.54) is 58.5 Å². The number of hydrogen-bond acceptors (Lipinski definition) is 2. The van der Waals surface area contributed by atoms with E-state index in [1.54, 1.807) is 0 Å². The molecule has 0 saturated heterocycles. The molecule has 146 valence electrons. The monoisotopic (exact) mass is 390 g/mol. The van der Waals surface area contributed by atoms with Crippen LogP contribution in [-0.4, -0.2) is 6.61 Å². The van der Waals surface area contributed by atoms with Crippen molar-refractivity contribution < 1.29 is 4.74 Å². The number of ether oxygens (including phenoxy) is 1. The first-order valence-electron chi connectivity index (χ1n) is 10.3. The molecule has 0 unspecified atom stereocenters. The van der Waals surface area contributed by atoms with Crippen molar-refractivity contribution in [2.45, 2.75) is 46.0 Å². The van der Waals surface area contributed by atoms with E-state index in [2.05, 4.69) is 55.5 Å². The van der Waals surface area contributed by atoms with E-state index in [9.17, 15) is 0 Å². The highest BCUT2D eigenvalue weighted by Gasteiger charge is 2.05. The fourth-order valence-corrected chi connectivity index (χ4v) is 4.26. The van der Waals surface area contributed by atoms with Crippen LogP contribution in [0.3, 0.4) is 0 Å². The average Bonchev–Trinajstić information content (AvgIpc) is 3.21. The SMILES string of the molecule is C/C=C/COc1ccc(-c2ccc(-c3ccc(CCCCCC)s3)cc2)cc1. The van der Waals surface area contributed by atoms with Crippen LogP contribution in [0.1, 0.15) is 44.4 Å². The summed E-state index contributed by atoms with van der Waals surface area (Å²) in [6.45, 7) is 4.88. The first-order valence-corrected chi connectivity index (χ1v) is 11.2. The maximum Gasteiger partial charge on any atom is 0.119 e. The predicted molar refractivity (Wildman–Crippen MR) is 123 cm³/mol. The second-order valence-corrected chi connectivity index (χ2v) is 8.23. The van der Waals surface area contributed by atoms with Gasteiger partial charge in [0.2, 0.25) is 0 Å². The van der Waals surface area contributed by atoms with Gasteiger partial charge in [0, 0.05) is 9.75 Å². The zero-order valence-electron chi connectivity index (χ0n) is 17.0. The van der Waals surface area contributed by atoms with Crippen LogP contribution >= 0.6 is 11.3 Å². The van der Waals surface area contributed by atoms with Crippen molar-refractivity contribution >= 4 is 11.3 Å². The summed E-state index contributed by atoms with van der Waals surface area (Å²) in [4.78, 5) is 2.87. The molecule has 0 bridgehead atoms. The van der Waals surface area contributed by atoms with E-state index in [1.807, 2.05) is 42.5 Å². The summed E-state index contributed by atoms with van der Waals surface area (Å²) in [5.41, 5.74) is 3.76. The maximum atomic E-state index is 5.67. The Morgan fingerprint density at radius 2 is 1.46 bits per heavy atom. The minimum atomic E-state index is 0.617. The number of allylic oxidation sites excluding steroid dienone is 1. The number of rotatable bonds is 10. The van der Waals surface area contributed by atoms with E-state index in [-0.39, 0.29) is 0 Å². The van der Waals surface area contributed by atoms with E-state index in [4.69, 9.17) is 4.74 Å². The Hall–Kier alpha value is -2.32. The molecule has 0 aliphatic carbocycles. The molecular formula is C26H30OS. The van der Waals surface area contributed by atoms with Crippen molar-refractivity contribution in [2.24, 2.45) is 0 Å². The van der Waals surface area contributed by atoms with Gasteiger partial charge in [-0.15, -0.1) is 11.3 Å². The van der Waals surface area contributed by atoms with Gasteiger partial charge in [-0.2, -0.15) is 0 Å². The minimum Gasteiger partial charge on any atom is -0.490 e. The summed E-state index contributed by atoms with van der Waals surface area (Å²) in [6, 6.07) is 21.8. The number of aryl methyl sites for hydroxylation is 1. The molecule has 0 N–H and O–H groups in total. The Kier molecular flexibility index (Phi) is 7.93. The van der Waals surface area contributed by atoms with Crippen molar-refractivity contribution in [3.05, 3.63) is 77.7 Å². The molecule has 0 saturated carbocycles. The molecule has 1 nitrogen and oxygen atoms in total. The Labute approximate surface area is 173 Å². The Morgan fingerprint density at radius 3 is 2.14 bits per heavy atom. The maximum absolute atomic E-state index is 5.67. The molecule has 0 aliphatic rings. The highest BCUT2D eigenvalue weighted by Crippen LogP contribution is 2.31. The number of unbranched alkanes of at least 4 members (excludes halogenated alkanes) is 3. The third kappa shape index (κ3) is 5.84. The fraction of sp³-hybridized carbons (Fsp3) is 0.308. The molecule has 0 spiro atoms. The van der Waals surface area contributed by atoms with Crippen molar-refractivity contribution in [3.8, 4) is 27.3 Å². The van der Waals surface area contributed by atoms with Gasteiger partial charge in [0.25, 0.3) is 0 Å². The number of hydrogen-bond donors (Lipinski definition) is 0. The van der Waals surface area contributed by atoms with Crippen molar-refractivity contribution in [1.82, 2.24) is 0 Å². The van der Waals surface area contributed by atoms with Crippen LogP contribution in [-0.2, 0) is 6.42 Å². The van der Waals surface area contributed by atoms with Gasteiger partial charge in [-0.25, -0.2) is 0 Å². The van der Waals surface area contributed by atoms with Crippen LogP contribution in [0.2, 0.25) is 0 Å². The van der Waals surface area contributed by atoms with Gasteiger partial charge in [-0.1, -0.05) is 74.7 Å². The largest absolute Gasteiger partial charge is 0.490 e. The van der Waals surface area contributed by atoms with Gasteiger partial charge in [-0.3, -0.25) is 0 Å². The van der Waals surface area contributed by atoms with Gasteiger partial charge >= 0.3 is 0 Å². The van der Waals surface area contributed by atoms with Crippen molar-refractivity contribution in [2.75, 3.05) is 6.61 Å². The van der Waals surface area contributed by atoms with Crippen LogP contribution in [0.4, 0.5) is 0 Å². The summed E-state index contributed by atoms with van der Waals surface area (Å²) >= 11 is 1.93. The smallest absolute Gasteiger partial charge is 0.119 e. The van der Waals surface area contributed by atoms with Crippen LogP contribution in [0.5, 0.6) is 5.75 Å². The topological polar surface area (TPSA) is 9.23 Å². The first-order chi connectivity index (χ1) is 13.8. The van der Waals surface area contributed by atoms with E-state index in [0.717, 1.165) is 5.75 Å². The van der Waals surface area contributed by atoms with Crippen LogP contribution in [0.25, 0.3) is 21.6 Å². The lowest BCUT2D eigenvalue weighted by Crippen LogP contribution is -1.92. The molecular weight excluding hydrogens is 360 g/mol. The Bertz CT molecular complexity index is 856. The zero-order valence-corrected chi connectivity index (χ0v) is 17.8. The lowest BCUT2D eigenvalue weighted by atomic mass is 10.0. The molecule has 28 heavy (non-hydrogen) atoms. The lowest BCUT2D eigenvalue weighted by Gasteiger charge is -2.06. The summed E-state index contributed by atoms with van der Waals surface area (Å²) in [6.07, 6.45) is 10.5. The molecule has 2 aromatic carbocycles. The average molecular weight is 391 g/mol. The summed E-state index contributed by atoms with van der Waals surface area (Å²) in [5.74, 6) is 0.906. The molecule has 0 atom stereocenters. The van der Waals surface area contributed by atoms with Crippen molar-refractivity contribution in [3.63, 3.8) is 0 Å². The standard InChI is InChI=1S/C26H30OS/c1-3-5-7-8-9-25-18-19-26(28-25)23-12-10-21(11-13-23)22-14-16-24(17-15-22)27-20-6-4-2/h4,6,10-19H,3,5,7-9,20H2,1-2H3/b6-4+. The lowest BCUT2D eigenvalue weighted by molar-refractivity contribution is 0.363. The third-order valence-corrected chi connectivity index (χ3v) is 6.07. The van der Waals surface area contributed by atoms with Gasteiger partial charge in [0.05, 0.1) is 0 Å². The molecule has 0 radical (unpaired) electrons. The minimum absolute atomic E-state index is 0.617. The van der Waals surface area contributed by atoms with Crippen LogP contribution in [0.15, 0.2) is 72.8 Å². The molecule has 2 heteroatoms. The molecule has 3 aromatic rings. The Balaban J connectivity index is 1.61. The molecule has 0 fully saturated rings. The van der Waals surface area contributed by atoms with E-state index >= 15 is 0 Å². The second-order valence-electron chi connectivity index (χ2n) is 7.06. The molecule has 0 amide bonds. The molecule has 0 aliphatic heterocycles. The quantitative estimate of drug-likeness (QED) is 0.250.